The fourth-order valence-electron chi connectivity index (χ4n) is 1.05. The van der Waals surface area contributed by atoms with Gasteiger partial charge in [0.1, 0.15) is 0 Å². The minimum atomic E-state index is -0.495. The molecule has 74 valence electrons. The zero-order chi connectivity index (χ0) is 10.7. The average molecular weight is 229 g/mol. The van der Waals surface area contributed by atoms with Gasteiger partial charge in [-0.2, -0.15) is 0 Å². The van der Waals surface area contributed by atoms with Gasteiger partial charge in [0.15, 0.2) is 0 Å². The van der Waals surface area contributed by atoms with Crippen molar-refractivity contribution in [1.29, 1.82) is 0 Å². The van der Waals surface area contributed by atoms with Crippen molar-refractivity contribution >= 4 is 34.7 Å². The Morgan fingerprint density at radius 2 is 2.07 bits per heavy atom. The van der Waals surface area contributed by atoms with Crippen LogP contribution in [-0.4, -0.2) is 10.9 Å². The monoisotopic (exact) mass is 228 g/mol. The normalized spacial score (nSPS) is 9.79. The molecule has 0 spiro atoms. The SMILES string of the molecule is NC(=O)c1ccc(Cl)c(CC(N)=S)c1. The topological polar surface area (TPSA) is 69.1 Å². The van der Waals surface area contributed by atoms with Crippen molar-refractivity contribution in [3.05, 3.63) is 34.3 Å². The number of thiocarbonyl (C=S) groups is 1. The molecule has 5 heteroatoms. The third-order valence-corrected chi connectivity index (χ3v) is 2.21. The maximum absolute atomic E-state index is 10.9. The first kappa shape index (κ1) is 10.9. The smallest absolute Gasteiger partial charge is 0.248 e. The van der Waals surface area contributed by atoms with E-state index in [0.717, 1.165) is 5.56 Å². The van der Waals surface area contributed by atoms with Gasteiger partial charge in [0.2, 0.25) is 5.91 Å². The first-order chi connectivity index (χ1) is 6.50. The van der Waals surface area contributed by atoms with Crippen LogP contribution >= 0.6 is 23.8 Å². The summed E-state index contributed by atoms with van der Waals surface area (Å²) in [6, 6.07) is 4.77. The van der Waals surface area contributed by atoms with Gasteiger partial charge in [-0.1, -0.05) is 23.8 Å². The van der Waals surface area contributed by atoms with Crippen LogP contribution in [0.15, 0.2) is 18.2 Å². The summed E-state index contributed by atoms with van der Waals surface area (Å²) in [4.78, 5) is 11.2. The van der Waals surface area contributed by atoms with Crippen LogP contribution in [0.1, 0.15) is 15.9 Å². The standard InChI is InChI=1S/C9H9ClN2OS/c10-7-2-1-5(9(12)13)3-6(7)4-8(11)14/h1-3H,4H2,(H2,11,14)(H2,12,13). The molecule has 0 bridgehead atoms. The van der Waals surface area contributed by atoms with E-state index < -0.39 is 5.91 Å². The van der Waals surface area contributed by atoms with Gasteiger partial charge < -0.3 is 11.5 Å². The molecule has 0 aromatic heterocycles. The van der Waals surface area contributed by atoms with Crippen LogP contribution in [0.3, 0.4) is 0 Å². The number of carbonyl (C=O) groups is 1. The van der Waals surface area contributed by atoms with E-state index in [1.807, 2.05) is 0 Å². The van der Waals surface area contributed by atoms with Gasteiger partial charge >= 0.3 is 0 Å². The number of primary amides is 1. The number of carbonyl (C=O) groups excluding carboxylic acids is 1. The summed E-state index contributed by atoms with van der Waals surface area (Å²) < 4.78 is 0. The molecule has 0 saturated heterocycles. The minimum absolute atomic E-state index is 0.327. The van der Waals surface area contributed by atoms with Gasteiger partial charge in [0.05, 0.1) is 4.99 Å². The van der Waals surface area contributed by atoms with Gasteiger partial charge in [0, 0.05) is 17.0 Å². The highest BCUT2D eigenvalue weighted by atomic mass is 35.5. The number of hydrogen-bond acceptors (Lipinski definition) is 2. The van der Waals surface area contributed by atoms with Crippen LogP contribution in [-0.2, 0) is 6.42 Å². The lowest BCUT2D eigenvalue weighted by Crippen LogP contribution is -2.14. The highest BCUT2D eigenvalue weighted by molar-refractivity contribution is 7.80. The maximum atomic E-state index is 10.9. The Morgan fingerprint density at radius 1 is 1.43 bits per heavy atom. The van der Waals surface area contributed by atoms with Crippen molar-refractivity contribution < 1.29 is 4.79 Å². The van der Waals surface area contributed by atoms with Gasteiger partial charge in [0.25, 0.3) is 0 Å². The number of amides is 1. The highest BCUT2D eigenvalue weighted by Gasteiger charge is 2.06. The van der Waals surface area contributed by atoms with Crippen LogP contribution < -0.4 is 11.5 Å². The van der Waals surface area contributed by atoms with Crippen LogP contribution in [0.25, 0.3) is 0 Å². The van der Waals surface area contributed by atoms with E-state index in [2.05, 4.69) is 0 Å². The molecule has 1 aromatic carbocycles. The molecule has 0 atom stereocenters. The van der Waals surface area contributed by atoms with Crippen molar-refractivity contribution in [2.45, 2.75) is 6.42 Å². The van der Waals surface area contributed by atoms with Crippen molar-refractivity contribution in [3.63, 3.8) is 0 Å². The summed E-state index contributed by atoms with van der Waals surface area (Å²) >= 11 is 10.6. The largest absolute Gasteiger partial charge is 0.393 e. The Balaban J connectivity index is 3.08. The van der Waals surface area contributed by atoms with Gasteiger partial charge in [-0.25, -0.2) is 0 Å². The van der Waals surface area contributed by atoms with Crippen LogP contribution in [0.2, 0.25) is 5.02 Å². The minimum Gasteiger partial charge on any atom is -0.393 e. The first-order valence-corrected chi connectivity index (χ1v) is 4.66. The van der Waals surface area contributed by atoms with E-state index in [4.69, 9.17) is 35.3 Å². The Labute approximate surface area is 92.0 Å². The fourth-order valence-corrected chi connectivity index (χ4v) is 1.39. The third kappa shape index (κ3) is 2.68. The Hall–Kier alpha value is -1.13. The van der Waals surface area contributed by atoms with Crippen LogP contribution in [0, 0.1) is 0 Å². The number of rotatable bonds is 3. The Bertz CT molecular complexity index is 392. The maximum Gasteiger partial charge on any atom is 0.248 e. The van der Waals surface area contributed by atoms with Gasteiger partial charge in [-0.15, -0.1) is 0 Å². The molecule has 3 nitrogen and oxygen atoms in total. The summed E-state index contributed by atoms with van der Waals surface area (Å²) in [5.41, 5.74) is 11.6. The van der Waals surface area contributed by atoms with E-state index in [0.29, 0.717) is 22.0 Å². The third-order valence-electron chi connectivity index (χ3n) is 1.69. The molecule has 0 saturated carbocycles. The second kappa shape index (κ2) is 4.39. The first-order valence-electron chi connectivity index (χ1n) is 3.87. The van der Waals surface area contributed by atoms with Crippen LogP contribution in [0.5, 0.6) is 0 Å². The summed E-state index contributed by atoms with van der Waals surface area (Å²) in [5.74, 6) is -0.495. The molecule has 0 aliphatic carbocycles. The lowest BCUT2D eigenvalue weighted by atomic mass is 10.1. The molecular weight excluding hydrogens is 220 g/mol. The summed E-state index contributed by atoms with van der Waals surface area (Å²) in [6.45, 7) is 0. The Morgan fingerprint density at radius 3 is 2.57 bits per heavy atom. The van der Waals surface area contributed by atoms with Crippen molar-refractivity contribution in [2.24, 2.45) is 11.5 Å². The summed E-state index contributed by atoms with van der Waals surface area (Å²) in [7, 11) is 0. The molecule has 0 heterocycles. The fraction of sp³-hybridized carbons (Fsp3) is 0.111. The van der Waals surface area contributed by atoms with Crippen molar-refractivity contribution in [1.82, 2.24) is 0 Å². The summed E-state index contributed by atoms with van der Waals surface area (Å²) in [6.07, 6.45) is 0.370. The zero-order valence-electron chi connectivity index (χ0n) is 7.29. The quantitative estimate of drug-likeness (QED) is 0.766. The van der Waals surface area contributed by atoms with Crippen molar-refractivity contribution in [3.8, 4) is 0 Å². The molecule has 0 aliphatic heterocycles. The number of halogens is 1. The van der Waals surface area contributed by atoms with Crippen molar-refractivity contribution in [2.75, 3.05) is 0 Å². The second-order valence-corrected chi connectivity index (χ2v) is 3.75. The zero-order valence-corrected chi connectivity index (χ0v) is 8.86. The molecular formula is C9H9ClN2OS. The van der Waals surface area contributed by atoms with E-state index in [1.54, 1.807) is 18.2 Å². The molecule has 14 heavy (non-hydrogen) atoms. The number of nitrogens with two attached hydrogens (primary N) is 2. The van der Waals surface area contributed by atoms with Crippen LogP contribution in [0.4, 0.5) is 0 Å². The lowest BCUT2D eigenvalue weighted by Gasteiger charge is -2.04. The van der Waals surface area contributed by atoms with Gasteiger partial charge in [-0.3, -0.25) is 4.79 Å². The van der Waals surface area contributed by atoms with E-state index in [9.17, 15) is 4.79 Å². The molecule has 1 rings (SSSR count). The predicted octanol–water partition coefficient (Wildman–Crippen LogP) is 1.27. The number of benzene rings is 1. The Kier molecular flexibility index (Phi) is 3.43. The highest BCUT2D eigenvalue weighted by Crippen LogP contribution is 2.18. The number of hydrogen-bond donors (Lipinski definition) is 2. The van der Waals surface area contributed by atoms with E-state index in [1.165, 1.54) is 0 Å². The molecule has 0 aliphatic rings. The average Bonchev–Trinajstić information content (AvgIpc) is 2.07. The predicted molar refractivity (Wildman–Crippen MR) is 60.5 cm³/mol. The lowest BCUT2D eigenvalue weighted by molar-refractivity contribution is 0.1000. The summed E-state index contributed by atoms with van der Waals surface area (Å²) in [5, 5.41) is 0.530. The van der Waals surface area contributed by atoms with E-state index in [-0.39, 0.29) is 0 Å². The molecule has 0 fully saturated rings. The molecule has 0 radical (unpaired) electrons. The molecule has 1 aromatic rings. The molecule has 1 amide bonds. The van der Waals surface area contributed by atoms with E-state index >= 15 is 0 Å². The second-order valence-electron chi connectivity index (χ2n) is 2.81. The van der Waals surface area contributed by atoms with Gasteiger partial charge in [-0.05, 0) is 23.8 Å². The molecule has 0 unspecified atom stereocenters. The molecule has 4 N–H and O–H groups in total.